The highest BCUT2D eigenvalue weighted by molar-refractivity contribution is 6.31. The number of rotatable bonds is 10. The zero-order valence-corrected chi connectivity index (χ0v) is 20.3. The first kappa shape index (κ1) is 24.6. The SMILES string of the molecule is CCN(CC(=O)N(Cc1cccn1Cc1ccccc1Cl)CC(C)C)C(=O)c1ccccc1. The molecule has 2 amide bonds. The Hall–Kier alpha value is -3.05. The summed E-state index contributed by atoms with van der Waals surface area (Å²) in [7, 11) is 0. The van der Waals surface area contributed by atoms with E-state index in [0.29, 0.717) is 37.7 Å². The minimum atomic E-state index is -0.127. The van der Waals surface area contributed by atoms with Crippen molar-refractivity contribution < 1.29 is 9.59 Å². The van der Waals surface area contributed by atoms with Gasteiger partial charge in [-0.1, -0.05) is 61.8 Å². The third kappa shape index (κ3) is 6.72. The highest BCUT2D eigenvalue weighted by atomic mass is 35.5. The number of hydrogen-bond donors (Lipinski definition) is 0. The summed E-state index contributed by atoms with van der Waals surface area (Å²) in [5.74, 6) is 0.124. The number of likely N-dealkylation sites (N-methyl/N-ethyl adjacent to an activating group) is 1. The van der Waals surface area contributed by atoms with Crippen molar-refractivity contribution in [3.05, 3.63) is 94.8 Å². The largest absolute Gasteiger partial charge is 0.345 e. The minimum Gasteiger partial charge on any atom is -0.345 e. The van der Waals surface area contributed by atoms with Crippen LogP contribution in [0.4, 0.5) is 0 Å². The molecule has 0 fully saturated rings. The second-order valence-corrected chi connectivity index (χ2v) is 8.98. The lowest BCUT2D eigenvalue weighted by Gasteiger charge is -2.29. The Morgan fingerprint density at radius 1 is 0.939 bits per heavy atom. The number of carbonyl (C=O) groups is 2. The molecule has 0 bridgehead atoms. The Bertz CT molecular complexity index is 1060. The van der Waals surface area contributed by atoms with Gasteiger partial charge in [0.2, 0.25) is 5.91 Å². The average molecular weight is 466 g/mol. The van der Waals surface area contributed by atoms with Crippen LogP contribution in [-0.2, 0) is 17.9 Å². The van der Waals surface area contributed by atoms with E-state index in [2.05, 4.69) is 18.4 Å². The molecule has 0 N–H and O–H groups in total. The molecule has 0 atom stereocenters. The third-order valence-electron chi connectivity index (χ3n) is 5.53. The third-order valence-corrected chi connectivity index (χ3v) is 5.90. The van der Waals surface area contributed by atoms with Gasteiger partial charge < -0.3 is 14.4 Å². The molecule has 0 aliphatic rings. The number of amides is 2. The molecule has 0 aliphatic carbocycles. The number of halogens is 1. The van der Waals surface area contributed by atoms with Crippen LogP contribution in [0.15, 0.2) is 72.9 Å². The van der Waals surface area contributed by atoms with Crippen LogP contribution in [0.2, 0.25) is 5.02 Å². The number of carbonyl (C=O) groups excluding carboxylic acids is 2. The summed E-state index contributed by atoms with van der Waals surface area (Å²) in [4.78, 5) is 29.7. The van der Waals surface area contributed by atoms with Gasteiger partial charge in [0.1, 0.15) is 6.54 Å². The van der Waals surface area contributed by atoms with E-state index >= 15 is 0 Å². The Morgan fingerprint density at radius 2 is 1.64 bits per heavy atom. The van der Waals surface area contributed by atoms with Gasteiger partial charge in [-0.25, -0.2) is 0 Å². The number of aromatic nitrogens is 1. The van der Waals surface area contributed by atoms with Gasteiger partial charge in [0.15, 0.2) is 0 Å². The smallest absolute Gasteiger partial charge is 0.254 e. The fourth-order valence-electron chi connectivity index (χ4n) is 3.80. The summed E-state index contributed by atoms with van der Waals surface area (Å²) in [5, 5.41) is 0.727. The van der Waals surface area contributed by atoms with Crippen LogP contribution in [-0.4, -0.2) is 45.8 Å². The van der Waals surface area contributed by atoms with Gasteiger partial charge in [0.05, 0.1) is 6.54 Å². The molecular formula is C27H32ClN3O2. The van der Waals surface area contributed by atoms with Gasteiger partial charge in [-0.05, 0) is 48.7 Å². The van der Waals surface area contributed by atoms with Crippen molar-refractivity contribution >= 4 is 23.4 Å². The molecule has 0 aliphatic heterocycles. The van der Waals surface area contributed by atoms with Crippen LogP contribution < -0.4 is 0 Å². The highest BCUT2D eigenvalue weighted by Gasteiger charge is 2.23. The molecule has 2 aromatic carbocycles. The quantitative estimate of drug-likeness (QED) is 0.406. The predicted octanol–water partition coefficient (Wildman–Crippen LogP) is 5.34. The lowest BCUT2D eigenvalue weighted by Crippen LogP contribution is -2.44. The standard InChI is InChI=1S/C27H32ClN3O2/c1-4-29(27(33)22-11-6-5-7-12-22)20-26(32)31(17-21(2)3)19-24-14-10-16-30(24)18-23-13-8-9-15-25(23)28/h5-16,21H,4,17-20H2,1-3H3. The van der Waals surface area contributed by atoms with Crippen LogP contribution in [0.25, 0.3) is 0 Å². The normalized spacial score (nSPS) is 10.9. The molecule has 33 heavy (non-hydrogen) atoms. The van der Waals surface area contributed by atoms with Crippen LogP contribution in [0.1, 0.15) is 42.4 Å². The Balaban J connectivity index is 1.75. The van der Waals surface area contributed by atoms with Crippen molar-refractivity contribution in [2.45, 2.75) is 33.9 Å². The van der Waals surface area contributed by atoms with E-state index in [-0.39, 0.29) is 18.4 Å². The second-order valence-electron chi connectivity index (χ2n) is 8.57. The summed E-state index contributed by atoms with van der Waals surface area (Å²) in [6.45, 7) is 8.35. The first-order chi connectivity index (χ1) is 15.9. The Labute approximate surface area is 201 Å². The molecule has 3 aromatic rings. The molecule has 1 aromatic heterocycles. The molecule has 0 saturated carbocycles. The van der Waals surface area contributed by atoms with Gasteiger partial charge in [-0.2, -0.15) is 0 Å². The first-order valence-electron chi connectivity index (χ1n) is 11.4. The molecule has 1 heterocycles. The van der Waals surface area contributed by atoms with Crippen LogP contribution in [0.3, 0.4) is 0 Å². The zero-order chi connectivity index (χ0) is 23.8. The number of hydrogen-bond acceptors (Lipinski definition) is 2. The predicted molar refractivity (Wildman–Crippen MR) is 133 cm³/mol. The van der Waals surface area contributed by atoms with Gasteiger partial charge in [0.25, 0.3) is 5.91 Å². The topological polar surface area (TPSA) is 45.6 Å². The Kier molecular flexibility index (Phi) is 8.72. The average Bonchev–Trinajstić information content (AvgIpc) is 3.24. The lowest BCUT2D eigenvalue weighted by atomic mass is 10.1. The number of benzene rings is 2. The van der Waals surface area contributed by atoms with Gasteiger partial charge in [-0.3, -0.25) is 9.59 Å². The van der Waals surface area contributed by atoms with Gasteiger partial charge >= 0.3 is 0 Å². The summed E-state index contributed by atoms with van der Waals surface area (Å²) in [5.41, 5.74) is 2.65. The van der Waals surface area contributed by atoms with E-state index in [1.54, 1.807) is 17.0 Å². The van der Waals surface area contributed by atoms with E-state index < -0.39 is 0 Å². The molecule has 3 rings (SSSR count). The molecular weight excluding hydrogens is 434 g/mol. The van der Waals surface area contributed by atoms with Crippen molar-refractivity contribution in [1.29, 1.82) is 0 Å². The molecule has 174 valence electrons. The van der Waals surface area contributed by atoms with Crippen molar-refractivity contribution in [3.8, 4) is 0 Å². The maximum Gasteiger partial charge on any atom is 0.254 e. The van der Waals surface area contributed by atoms with Crippen molar-refractivity contribution in [1.82, 2.24) is 14.4 Å². The lowest BCUT2D eigenvalue weighted by molar-refractivity contribution is -0.133. The van der Waals surface area contributed by atoms with E-state index in [1.165, 1.54) is 0 Å². The minimum absolute atomic E-state index is 0.0553. The second kappa shape index (κ2) is 11.7. The van der Waals surface area contributed by atoms with Crippen LogP contribution in [0.5, 0.6) is 0 Å². The maximum absolute atomic E-state index is 13.3. The summed E-state index contributed by atoms with van der Waals surface area (Å²) < 4.78 is 2.12. The Morgan fingerprint density at radius 3 is 2.30 bits per heavy atom. The molecule has 6 heteroatoms. The van der Waals surface area contributed by atoms with Crippen molar-refractivity contribution in [2.75, 3.05) is 19.6 Å². The fourth-order valence-corrected chi connectivity index (χ4v) is 4.00. The van der Waals surface area contributed by atoms with Crippen LogP contribution >= 0.6 is 11.6 Å². The first-order valence-corrected chi connectivity index (χ1v) is 11.8. The van der Waals surface area contributed by atoms with Crippen molar-refractivity contribution in [3.63, 3.8) is 0 Å². The molecule has 0 saturated heterocycles. The van der Waals surface area contributed by atoms with E-state index in [0.717, 1.165) is 16.3 Å². The summed E-state index contributed by atoms with van der Waals surface area (Å²) >= 11 is 6.36. The monoisotopic (exact) mass is 465 g/mol. The van der Waals surface area contributed by atoms with Crippen LogP contribution in [0, 0.1) is 5.92 Å². The zero-order valence-electron chi connectivity index (χ0n) is 19.6. The van der Waals surface area contributed by atoms with E-state index in [4.69, 9.17) is 11.6 Å². The molecule has 0 radical (unpaired) electrons. The summed E-state index contributed by atoms with van der Waals surface area (Å²) in [6, 6.07) is 20.9. The molecule has 5 nitrogen and oxygen atoms in total. The van der Waals surface area contributed by atoms with Gasteiger partial charge in [-0.15, -0.1) is 0 Å². The maximum atomic E-state index is 13.3. The van der Waals surface area contributed by atoms with Gasteiger partial charge in [0, 0.05) is 42.1 Å². The molecule has 0 spiro atoms. The summed E-state index contributed by atoms with van der Waals surface area (Å²) in [6.07, 6.45) is 2.01. The number of nitrogens with zero attached hydrogens (tertiary/aromatic N) is 3. The molecule has 0 unspecified atom stereocenters. The van der Waals surface area contributed by atoms with E-state index in [9.17, 15) is 9.59 Å². The van der Waals surface area contributed by atoms with E-state index in [1.807, 2.05) is 72.6 Å². The fraction of sp³-hybridized carbons (Fsp3) is 0.333. The highest BCUT2D eigenvalue weighted by Crippen LogP contribution is 2.19. The van der Waals surface area contributed by atoms with Crippen molar-refractivity contribution in [2.24, 2.45) is 5.92 Å².